The molecule has 1 aromatic heterocycles. The quantitative estimate of drug-likeness (QED) is 0.764. The molecule has 0 amide bonds. The molecule has 3 nitrogen and oxygen atoms in total. The second-order valence-electron chi connectivity index (χ2n) is 7.07. The lowest BCUT2D eigenvalue weighted by Gasteiger charge is -2.56. The highest BCUT2D eigenvalue weighted by Crippen LogP contribution is 2.60. The van der Waals surface area contributed by atoms with Crippen LogP contribution in [0.4, 0.5) is 0 Å². The molecule has 0 N–H and O–H groups in total. The van der Waals surface area contributed by atoms with Crippen LogP contribution in [-0.4, -0.2) is 16.3 Å². The van der Waals surface area contributed by atoms with Gasteiger partial charge in [-0.05, 0) is 69.3 Å². The van der Waals surface area contributed by atoms with Gasteiger partial charge in [-0.3, -0.25) is 4.79 Å². The minimum absolute atomic E-state index is 0.193. The molecule has 4 bridgehead atoms. The van der Waals surface area contributed by atoms with E-state index in [1.54, 1.807) is 6.07 Å². The first-order chi connectivity index (χ1) is 9.17. The van der Waals surface area contributed by atoms with Gasteiger partial charge in [0.1, 0.15) is 11.5 Å². The first kappa shape index (κ1) is 11.6. The fourth-order valence-corrected chi connectivity index (χ4v) is 5.27. The second kappa shape index (κ2) is 3.87. The van der Waals surface area contributed by atoms with Crippen LogP contribution in [-0.2, 0) is 5.41 Å². The van der Waals surface area contributed by atoms with E-state index < -0.39 is 0 Å². The molecule has 4 fully saturated rings. The van der Waals surface area contributed by atoms with Crippen molar-refractivity contribution < 1.29 is 4.79 Å². The first-order valence-electron chi connectivity index (χ1n) is 7.48. The largest absolute Gasteiger partial charge is 0.296 e. The van der Waals surface area contributed by atoms with E-state index in [4.69, 9.17) is 4.98 Å². The molecule has 5 rings (SSSR count). The predicted octanol–water partition coefficient (Wildman–Crippen LogP) is 3.07. The van der Waals surface area contributed by atoms with E-state index in [1.165, 1.54) is 38.5 Å². The third-order valence-electron chi connectivity index (χ3n) is 5.51. The number of aromatic nitrogens is 2. The maximum atomic E-state index is 11.0. The van der Waals surface area contributed by atoms with Crippen LogP contribution in [0.3, 0.4) is 0 Å². The summed E-state index contributed by atoms with van der Waals surface area (Å²) in [5, 5.41) is 0. The maximum absolute atomic E-state index is 11.0. The van der Waals surface area contributed by atoms with Crippen molar-refractivity contribution in [1.82, 2.24) is 9.97 Å². The molecule has 1 aromatic rings. The number of hydrogen-bond donors (Lipinski definition) is 0. The Balaban J connectivity index is 1.79. The highest BCUT2D eigenvalue weighted by atomic mass is 16.1. The van der Waals surface area contributed by atoms with E-state index in [0.717, 1.165) is 35.6 Å². The summed E-state index contributed by atoms with van der Waals surface area (Å²) >= 11 is 0. The SMILES string of the molecule is Cc1cc(C=O)nc(C23CC4CC(CC(C4)C2)C3)n1. The Kier molecular flexibility index (Phi) is 2.36. The zero-order valence-electron chi connectivity index (χ0n) is 11.4. The van der Waals surface area contributed by atoms with Crippen LogP contribution in [0.2, 0.25) is 0 Å². The van der Waals surface area contributed by atoms with Gasteiger partial charge in [-0.2, -0.15) is 0 Å². The molecule has 0 unspecified atom stereocenters. The third-order valence-corrected chi connectivity index (χ3v) is 5.51. The maximum Gasteiger partial charge on any atom is 0.168 e. The van der Waals surface area contributed by atoms with Crippen LogP contribution in [0.5, 0.6) is 0 Å². The van der Waals surface area contributed by atoms with E-state index in [-0.39, 0.29) is 5.41 Å². The van der Waals surface area contributed by atoms with Crippen LogP contribution in [0.1, 0.15) is 60.5 Å². The Morgan fingerprint density at radius 2 is 1.68 bits per heavy atom. The molecule has 0 spiro atoms. The van der Waals surface area contributed by atoms with E-state index in [0.29, 0.717) is 5.69 Å². The molecular weight excluding hydrogens is 236 g/mol. The average Bonchev–Trinajstić information content (AvgIpc) is 2.36. The Bertz CT molecular complexity index is 502. The van der Waals surface area contributed by atoms with Gasteiger partial charge in [0.15, 0.2) is 6.29 Å². The lowest BCUT2D eigenvalue weighted by Crippen LogP contribution is -2.49. The minimum Gasteiger partial charge on any atom is -0.296 e. The van der Waals surface area contributed by atoms with Gasteiger partial charge in [0.05, 0.1) is 0 Å². The lowest BCUT2D eigenvalue weighted by molar-refractivity contribution is -0.00951. The third kappa shape index (κ3) is 1.74. The summed E-state index contributed by atoms with van der Waals surface area (Å²) in [5.41, 5.74) is 1.68. The van der Waals surface area contributed by atoms with E-state index in [2.05, 4.69) is 4.98 Å². The summed E-state index contributed by atoms with van der Waals surface area (Å²) in [4.78, 5) is 20.3. The normalized spacial score (nSPS) is 39.5. The summed E-state index contributed by atoms with van der Waals surface area (Å²) in [6.45, 7) is 1.97. The summed E-state index contributed by atoms with van der Waals surface area (Å²) in [7, 11) is 0. The highest BCUT2D eigenvalue weighted by molar-refractivity contribution is 5.71. The van der Waals surface area contributed by atoms with E-state index in [1.807, 2.05) is 6.92 Å². The molecular formula is C16H20N2O. The molecule has 0 atom stereocenters. The molecule has 0 aromatic carbocycles. The molecule has 0 aliphatic heterocycles. The average molecular weight is 256 g/mol. The number of carbonyl (C=O) groups excluding carboxylic acids is 1. The molecule has 4 aliphatic carbocycles. The Labute approximate surface area is 113 Å². The van der Waals surface area contributed by atoms with Crippen LogP contribution in [0.25, 0.3) is 0 Å². The smallest absolute Gasteiger partial charge is 0.168 e. The number of aldehydes is 1. The van der Waals surface area contributed by atoms with Crippen LogP contribution in [0, 0.1) is 24.7 Å². The van der Waals surface area contributed by atoms with Crippen LogP contribution >= 0.6 is 0 Å². The topological polar surface area (TPSA) is 42.9 Å². The van der Waals surface area contributed by atoms with E-state index >= 15 is 0 Å². The van der Waals surface area contributed by atoms with Crippen molar-refractivity contribution in [3.8, 4) is 0 Å². The predicted molar refractivity (Wildman–Crippen MR) is 72.0 cm³/mol. The Morgan fingerprint density at radius 3 is 2.21 bits per heavy atom. The van der Waals surface area contributed by atoms with Crippen molar-refractivity contribution in [3.63, 3.8) is 0 Å². The Morgan fingerprint density at radius 1 is 1.11 bits per heavy atom. The molecule has 100 valence electrons. The summed E-state index contributed by atoms with van der Waals surface area (Å²) in [6.07, 6.45) is 8.88. The molecule has 4 saturated carbocycles. The molecule has 19 heavy (non-hydrogen) atoms. The van der Waals surface area contributed by atoms with Gasteiger partial charge >= 0.3 is 0 Å². The molecule has 3 heteroatoms. The molecule has 0 saturated heterocycles. The van der Waals surface area contributed by atoms with Crippen molar-refractivity contribution >= 4 is 6.29 Å². The molecule has 1 heterocycles. The van der Waals surface area contributed by atoms with Crippen LogP contribution < -0.4 is 0 Å². The zero-order valence-corrected chi connectivity index (χ0v) is 11.4. The second-order valence-corrected chi connectivity index (χ2v) is 7.07. The van der Waals surface area contributed by atoms with Gasteiger partial charge in [0.25, 0.3) is 0 Å². The van der Waals surface area contributed by atoms with Gasteiger partial charge in [-0.25, -0.2) is 9.97 Å². The number of rotatable bonds is 2. The monoisotopic (exact) mass is 256 g/mol. The number of nitrogens with zero attached hydrogens (tertiary/aromatic N) is 2. The van der Waals surface area contributed by atoms with Gasteiger partial charge in [0.2, 0.25) is 0 Å². The minimum atomic E-state index is 0.193. The van der Waals surface area contributed by atoms with Gasteiger partial charge in [-0.15, -0.1) is 0 Å². The van der Waals surface area contributed by atoms with Gasteiger partial charge in [0, 0.05) is 11.1 Å². The van der Waals surface area contributed by atoms with Crippen molar-refractivity contribution in [1.29, 1.82) is 0 Å². The Hall–Kier alpha value is -1.25. The van der Waals surface area contributed by atoms with E-state index in [9.17, 15) is 4.79 Å². The van der Waals surface area contributed by atoms with Crippen molar-refractivity contribution in [3.05, 3.63) is 23.3 Å². The van der Waals surface area contributed by atoms with Crippen molar-refractivity contribution in [2.45, 2.75) is 50.9 Å². The standard InChI is InChI=1S/C16H20N2O/c1-10-2-14(9-19)18-15(17-10)16-6-11-3-12(7-16)5-13(4-11)8-16/h2,9,11-13H,3-8H2,1H3. The molecule has 4 aliphatic rings. The van der Waals surface area contributed by atoms with Crippen LogP contribution in [0.15, 0.2) is 6.07 Å². The number of aryl methyl sites for hydroxylation is 1. The van der Waals surface area contributed by atoms with Gasteiger partial charge in [-0.1, -0.05) is 0 Å². The summed E-state index contributed by atoms with van der Waals surface area (Å²) < 4.78 is 0. The highest BCUT2D eigenvalue weighted by Gasteiger charge is 2.53. The molecule has 0 radical (unpaired) electrons. The first-order valence-corrected chi connectivity index (χ1v) is 7.48. The van der Waals surface area contributed by atoms with Gasteiger partial charge < -0.3 is 0 Å². The number of carbonyl (C=O) groups is 1. The van der Waals surface area contributed by atoms with Crippen molar-refractivity contribution in [2.24, 2.45) is 17.8 Å². The number of hydrogen-bond acceptors (Lipinski definition) is 3. The van der Waals surface area contributed by atoms with Crippen molar-refractivity contribution in [2.75, 3.05) is 0 Å². The fraction of sp³-hybridized carbons (Fsp3) is 0.688. The fourth-order valence-electron chi connectivity index (χ4n) is 5.27. The lowest BCUT2D eigenvalue weighted by atomic mass is 9.49. The zero-order chi connectivity index (χ0) is 13.0. The summed E-state index contributed by atoms with van der Waals surface area (Å²) in [5.74, 6) is 3.62. The summed E-state index contributed by atoms with van der Waals surface area (Å²) in [6, 6.07) is 1.79.